The Balaban J connectivity index is 1.31. The van der Waals surface area contributed by atoms with Crippen LogP contribution in [0.15, 0.2) is 42.7 Å². The van der Waals surface area contributed by atoms with E-state index >= 15 is 0 Å². The number of anilines is 1. The van der Waals surface area contributed by atoms with Crippen LogP contribution in [-0.2, 0) is 31.1 Å². The van der Waals surface area contributed by atoms with Gasteiger partial charge in [0.25, 0.3) is 5.91 Å². The molecular weight excluding hydrogens is 531 g/mol. The first kappa shape index (κ1) is 27.9. The average molecular weight is 568 g/mol. The first-order valence-corrected chi connectivity index (χ1v) is 14.4. The summed E-state index contributed by atoms with van der Waals surface area (Å²) in [5.41, 5.74) is 1.41. The monoisotopic (exact) mass is 567 g/mol. The van der Waals surface area contributed by atoms with Gasteiger partial charge in [-0.15, -0.1) is 10.2 Å². The molecule has 3 aromatic rings. The van der Waals surface area contributed by atoms with Gasteiger partial charge in [-0.3, -0.25) is 4.79 Å². The highest BCUT2D eigenvalue weighted by molar-refractivity contribution is 6.10. The van der Waals surface area contributed by atoms with Crippen LogP contribution in [0.4, 0.5) is 18.9 Å². The van der Waals surface area contributed by atoms with E-state index in [2.05, 4.69) is 22.4 Å². The Morgan fingerprint density at radius 2 is 1.95 bits per heavy atom. The number of ether oxygens (including phenoxy) is 1. The standard InChI is InChI=1S/C31H36F3N5O2/c1-30(9-4-10-30)35-17-21-14-25-26(27(15-21)31(32,33)34)18-39(29(25)40)23-6-3-5-22(16-23)24(28-37-36-19-38(28)2)13-20-7-11-41-12-8-20/h3,5-6,14-16,19-20,24,35H,4,7-13,17-18H2,1-2H3/t24-/m0/s1. The Morgan fingerprint density at radius 1 is 1.17 bits per heavy atom. The van der Waals surface area contributed by atoms with Crippen LogP contribution in [-0.4, -0.2) is 39.4 Å². The first-order valence-electron chi connectivity index (χ1n) is 14.4. The molecule has 218 valence electrons. The Kier molecular flexibility index (Phi) is 7.40. The van der Waals surface area contributed by atoms with E-state index in [4.69, 9.17) is 4.74 Å². The van der Waals surface area contributed by atoms with E-state index < -0.39 is 17.6 Å². The zero-order valence-electron chi connectivity index (χ0n) is 23.5. The van der Waals surface area contributed by atoms with E-state index in [1.54, 1.807) is 18.5 Å². The summed E-state index contributed by atoms with van der Waals surface area (Å²) >= 11 is 0. The summed E-state index contributed by atoms with van der Waals surface area (Å²) < 4.78 is 50.2. The molecule has 10 heteroatoms. The second kappa shape index (κ2) is 10.9. The van der Waals surface area contributed by atoms with Crippen LogP contribution in [0.3, 0.4) is 0 Å². The Bertz CT molecular complexity index is 1430. The molecule has 6 rings (SSSR count). The molecule has 1 atom stereocenters. The summed E-state index contributed by atoms with van der Waals surface area (Å²) in [6, 6.07) is 10.4. The molecule has 3 heterocycles. The van der Waals surface area contributed by atoms with Gasteiger partial charge in [0, 0.05) is 49.5 Å². The van der Waals surface area contributed by atoms with E-state index in [0.717, 1.165) is 63.1 Å². The summed E-state index contributed by atoms with van der Waals surface area (Å²) in [6.45, 7) is 3.72. The molecule has 1 saturated heterocycles. The van der Waals surface area contributed by atoms with Gasteiger partial charge < -0.3 is 19.5 Å². The van der Waals surface area contributed by atoms with Crippen molar-refractivity contribution >= 4 is 11.6 Å². The maximum atomic E-state index is 14.2. The largest absolute Gasteiger partial charge is 0.416 e. The number of hydrogen-bond acceptors (Lipinski definition) is 5. The van der Waals surface area contributed by atoms with Crippen molar-refractivity contribution < 1.29 is 22.7 Å². The van der Waals surface area contributed by atoms with Crippen molar-refractivity contribution in [2.45, 2.75) is 76.2 Å². The number of aryl methyl sites for hydroxylation is 1. The van der Waals surface area contributed by atoms with Gasteiger partial charge in [0.15, 0.2) is 0 Å². The molecule has 0 radical (unpaired) electrons. The number of halogens is 3. The molecule has 7 nitrogen and oxygen atoms in total. The van der Waals surface area contributed by atoms with Crippen molar-refractivity contribution in [3.8, 4) is 0 Å². The van der Waals surface area contributed by atoms with Crippen LogP contribution < -0.4 is 10.2 Å². The number of benzene rings is 2. The zero-order chi connectivity index (χ0) is 28.8. The summed E-state index contributed by atoms with van der Waals surface area (Å²) in [4.78, 5) is 15.1. The molecule has 1 N–H and O–H groups in total. The van der Waals surface area contributed by atoms with Gasteiger partial charge in [-0.1, -0.05) is 12.1 Å². The summed E-state index contributed by atoms with van der Waals surface area (Å²) in [5.74, 6) is 0.803. The Labute approximate surface area is 238 Å². The average Bonchev–Trinajstić information content (AvgIpc) is 3.51. The van der Waals surface area contributed by atoms with E-state index in [0.29, 0.717) is 23.7 Å². The maximum absolute atomic E-state index is 14.2. The van der Waals surface area contributed by atoms with Gasteiger partial charge in [-0.05, 0) is 92.3 Å². The molecule has 1 aromatic heterocycles. The summed E-state index contributed by atoms with van der Waals surface area (Å²) in [5, 5.41) is 11.9. The molecule has 2 aromatic carbocycles. The molecule has 1 amide bonds. The number of alkyl halides is 3. The third-order valence-electron chi connectivity index (χ3n) is 9.14. The normalized spacial score (nSPS) is 19.7. The van der Waals surface area contributed by atoms with Gasteiger partial charge in [-0.2, -0.15) is 13.2 Å². The number of nitrogens with one attached hydrogen (secondary N) is 1. The van der Waals surface area contributed by atoms with Crippen LogP contribution in [0, 0.1) is 5.92 Å². The highest BCUT2D eigenvalue weighted by Crippen LogP contribution is 2.41. The number of aromatic nitrogens is 3. The number of nitrogens with zero attached hydrogens (tertiary/aromatic N) is 4. The Hall–Kier alpha value is -3.24. The number of carbonyl (C=O) groups excluding carboxylic acids is 1. The minimum atomic E-state index is -4.56. The maximum Gasteiger partial charge on any atom is 0.416 e. The molecule has 2 aliphatic heterocycles. The number of hydrogen-bond donors (Lipinski definition) is 1. The lowest BCUT2D eigenvalue weighted by Gasteiger charge is -2.39. The fraction of sp³-hybridized carbons (Fsp3) is 0.516. The lowest BCUT2D eigenvalue weighted by atomic mass is 9.78. The molecule has 2 fully saturated rings. The molecule has 0 unspecified atom stereocenters. The highest BCUT2D eigenvalue weighted by Gasteiger charge is 2.41. The van der Waals surface area contributed by atoms with Crippen LogP contribution in [0.5, 0.6) is 0 Å². The third-order valence-corrected chi connectivity index (χ3v) is 9.14. The van der Waals surface area contributed by atoms with Gasteiger partial charge in [0.2, 0.25) is 0 Å². The van der Waals surface area contributed by atoms with Crippen molar-refractivity contribution in [1.82, 2.24) is 20.1 Å². The topological polar surface area (TPSA) is 72.3 Å². The molecule has 0 bridgehead atoms. The van der Waals surface area contributed by atoms with E-state index in [9.17, 15) is 18.0 Å². The summed E-state index contributed by atoms with van der Waals surface area (Å²) in [7, 11) is 1.91. The highest BCUT2D eigenvalue weighted by atomic mass is 19.4. The fourth-order valence-corrected chi connectivity index (χ4v) is 6.45. The zero-order valence-corrected chi connectivity index (χ0v) is 23.5. The predicted octanol–water partition coefficient (Wildman–Crippen LogP) is 5.98. The van der Waals surface area contributed by atoms with Crippen molar-refractivity contribution in [3.63, 3.8) is 0 Å². The van der Waals surface area contributed by atoms with Crippen molar-refractivity contribution in [2.24, 2.45) is 13.0 Å². The minimum absolute atomic E-state index is 0.0403. The number of carbonyl (C=O) groups is 1. The molecule has 1 aliphatic carbocycles. The van der Waals surface area contributed by atoms with Crippen molar-refractivity contribution in [3.05, 3.63) is 76.4 Å². The van der Waals surface area contributed by atoms with Crippen LogP contribution >= 0.6 is 0 Å². The first-order chi connectivity index (χ1) is 19.6. The quantitative estimate of drug-likeness (QED) is 0.363. The van der Waals surface area contributed by atoms with Crippen LogP contribution in [0.25, 0.3) is 0 Å². The Morgan fingerprint density at radius 3 is 2.61 bits per heavy atom. The lowest BCUT2D eigenvalue weighted by molar-refractivity contribution is -0.138. The van der Waals surface area contributed by atoms with Crippen molar-refractivity contribution in [2.75, 3.05) is 18.1 Å². The van der Waals surface area contributed by atoms with E-state index in [1.165, 1.54) is 11.0 Å². The number of rotatable bonds is 8. The van der Waals surface area contributed by atoms with Crippen molar-refractivity contribution in [1.29, 1.82) is 0 Å². The molecular formula is C31H36F3N5O2. The smallest absolute Gasteiger partial charge is 0.381 e. The van der Waals surface area contributed by atoms with E-state index in [1.807, 2.05) is 29.8 Å². The van der Waals surface area contributed by atoms with Gasteiger partial charge in [0.05, 0.1) is 12.1 Å². The molecule has 41 heavy (non-hydrogen) atoms. The summed E-state index contributed by atoms with van der Waals surface area (Å²) in [6.07, 6.45) is 3.00. The second-order valence-electron chi connectivity index (χ2n) is 12.1. The van der Waals surface area contributed by atoms with Crippen LogP contribution in [0.2, 0.25) is 0 Å². The minimum Gasteiger partial charge on any atom is -0.381 e. The molecule has 0 spiro atoms. The third kappa shape index (κ3) is 5.64. The molecule has 3 aliphatic rings. The van der Waals surface area contributed by atoms with E-state index in [-0.39, 0.29) is 29.1 Å². The van der Waals surface area contributed by atoms with Gasteiger partial charge >= 0.3 is 6.18 Å². The predicted molar refractivity (Wildman–Crippen MR) is 149 cm³/mol. The second-order valence-corrected chi connectivity index (χ2v) is 12.1. The lowest BCUT2D eigenvalue weighted by Crippen LogP contribution is -2.47. The number of amides is 1. The fourth-order valence-electron chi connectivity index (χ4n) is 6.45. The van der Waals surface area contributed by atoms with Crippen LogP contribution in [0.1, 0.15) is 89.8 Å². The SMILES string of the molecule is Cn1cnnc1[C@@H](CC1CCOCC1)c1cccc(N2Cc3c(cc(CNC4(C)CCC4)cc3C(F)(F)F)C2=O)c1. The molecule has 1 saturated carbocycles. The number of fused-ring (bicyclic) bond motifs is 1. The van der Waals surface area contributed by atoms with Gasteiger partial charge in [-0.25, -0.2) is 0 Å². The van der Waals surface area contributed by atoms with Gasteiger partial charge in [0.1, 0.15) is 12.2 Å².